The van der Waals surface area contributed by atoms with Gasteiger partial charge in [-0.15, -0.1) is 0 Å². The summed E-state index contributed by atoms with van der Waals surface area (Å²) in [6.45, 7) is 0. The van der Waals surface area contributed by atoms with E-state index in [-0.39, 0.29) is 0 Å². The minimum Gasteiger partial charge on any atom is -0.255 e. The molecule has 178 valence electrons. The Bertz CT molecular complexity index is 1840. The molecule has 7 aromatic rings. The summed E-state index contributed by atoms with van der Waals surface area (Å²) in [6, 6.07) is 46.2. The summed E-state index contributed by atoms with van der Waals surface area (Å²) in [5.41, 5.74) is 10.2. The van der Waals surface area contributed by atoms with Gasteiger partial charge >= 0.3 is 0 Å². The lowest BCUT2D eigenvalue weighted by Crippen LogP contribution is -1.92. The first-order chi connectivity index (χ1) is 18.8. The van der Waals surface area contributed by atoms with Crippen molar-refractivity contribution < 1.29 is 0 Å². The van der Waals surface area contributed by atoms with E-state index in [9.17, 15) is 0 Å². The van der Waals surface area contributed by atoms with Crippen LogP contribution < -0.4 is 0 Å². The molecule has 0 bridgehead atoms. The lowest BCUT2D eigenvalue weighted by Gasteiger charge is -2.12. The zero-order chi connectivity index (χ0) is 25.3. The number of benzene rings is 4. The zero-order valence-electron chi connectivity index (χ0n) is 20.6. The van der Waals surface area contributed by atoms with Crippen molar-refractivity contribution >= 4 is 21.8 Å². The Hall–Kier alpha value is -5.15. The second kappa shape index (κ2) is 9.38. The molecule has 0 saturated heterocycles. The van der Waals surface area contributed by atoms with Crippen LogP contribution in [0.4, 0.5) is 0 Å². The first-order valence-electron chi connectivity index (χ1n) is 12.7. The van der Waals surface area contributed by atoms with Crippen LogP contribution in [0, 0.1) is 0 Å². The van der Waals surface area contributed by atoms with Crippen molar-refractivity contribution in [2.75, 3.05) is 0 Å². The zero-order valence-corrected chi connectivity index (χ0v) is 20.6. The van der Waals surface area contributed by atoms with Crippen LogP contribution in [0.2, 0.25) is 0 Å². The quantitative estimate of drug-likeness (QED) is 0.234. The molecule has 0 fully saturated rings. The Morgan fingerprint density at radius 1 is 0.342 bits per heavy atom. The summed E-state index contributed by atoms with van der Waals surface area (Å²) in [7, 11) is 0. The lowest BCUT2D eigenvalue weighted by atomic mass is 9.94. The van der Waals surface area contributed by atoms with E-state index in [1.165, 1.54) is 11.1 Å². The van der Waals surface area contributed by atoms with Crippen LogP contribution in [-0.4, -0.2) is 15.0 Å². The Morgan fingerprint density at radius 2 is 0.842 bits per heavy atom. The molecule has 0 aliphatic carbocycles. The summed E-state index contributed by atoms with van der Waals surface area (Å²) in [4.78, 5) is 14.7. The summed E-state index contributed by atoms with van der Waals surface area (Å²) in [6.07, 6.45) is 1.80. The summed E-state index contributed by atoms with van der Waals surface area (Å²) in [5, 5.41) is 2.12. The van der Waals surface area contributed by atoms with Crippen molar-refractivity contribution in [2.24, 2.45) is 0 Å². The molecule has 3 aromatic heterocycles. The van der Waals surface area contributed by atoms with Gasteiger partial charge in [0.05, 0.1) is 28.1 Å². The fourth-order valence-corrected chi connectivity index (χ4v) is 4.96. The molecule has 0 atom stereocenters. The molecule has 0 spiro atoms. The molecule has 0 aliphatic rings. The highest BCUT2D eigenvalue weighted by Gasteiger charge is 2.12. The summed E-state index contributed by atoms with van der Waals surface area (Å²) >= 11 is 0. The third-order valence-corrected chi connectivity index (χ3v) is 6.89. The van der Waals surface area contributed by atoms with Gasteiger partial charge in [0.25, 0.3) is 0 Å². The number of hydrogen-bond donors (Lipinski definition) is 0. The van der Waals surface area contributed by atoms with Crippen LogP contribution in [0.5, 0.6) is 0 Å². The Morgan fingerprint density at radius 3 is 1.42 bits per heavy atom. The van der Waals surface area contributed by atoms with E-state index in [2.05, 4.69) is 102 Å². The number of nitrogens with zero attached hydrogens (tertiary/aromatic N) is 3. The molecule has 3 heterocycles. The molecule has 3 nitrogen and oxygen atoms in total. The maximum atomic E-state index is 5.20. The molecule has 0 amide bonds. The first-order valence-corrected chi connectivity index (χ1v) is 12.7. The van der Waals surface area contributed by atoms with Gasteiger partial charge in [0.1, 0.15) is 0 Å². The molecule has 0 unspecified atom stereocenters. The van der Waals surface area contributed by atoms with E-state index >= 15 is 0 Å². The van der Waals surface area contributed by atoms with E-state index < -0.39 is 0 Å². The lowest BCUT2D eigenvalue weighted by molar-refractivity contribution is 1.27. The highest BCUT2D eigenvalue weighted by Crippen LogP contribution is 2.34. The standard InChI is InChI=1S/C35H23N3/c1-3-9-24(10-4-1)28-21-29(25-11-5-2-6-12-25)23-30(22-28)31-18-16-26-14-15-27-17-19-33(32-13-7-8-20-36-32)38-35(27)34(26)37-31/h1-23H. The van der Waals surface area contributed by atoms with Crippen molar-refractivity contribution in [3.8, 4) is 44.9 Å². The van der Waals surface area contributed by atoms with Crippen LogP contribution in [-0.2, 0) is 0 Å². The van der Waals surface area contributed by atoms with Crippen molar-refractivity contribution in [1.82, 2.24) is 15.0 Å². The second-order valence-corrected chi connectivity index (χ2v) is 9.35. The number of rotatable bonds is 4. The fraction of sp³-hybridized carbons (Fsp3) is 0. The molecule has 0 aliphatic heterocycles. The molecule has 7 rings (SSSR count). The number of hydrogen-bond acceptors (Lipinski definition) is 3. The van der Waals surface area contributed by atoms with Gasteiger partial charge < -0.3 is 0 Å². The van der Waals surface area contributed by atoms with Crippen LogP contribution in [0.3, 0.4) is 0 Å². The first kappa shape index (κ1) is 22.1. The van der Waals surface area contributed by atoms with Crippen LogP contribution in [0.15, 0.2) is 140 Å². The van der Waals surface area contributed by atoms with Gasteiger partial charge in [-0.2, -0.15) is 0 Å². The Labute approximate surface area is 221 Å². The smallest absolute Gasteiger partial charge is 0.0973 e. The van der Waals surface area contributed by atoms with E-state index in [1.807, 2.05) is 36.4 Å². The summed E-state index contributed by atoms with van der Waals surface area (Å²) < 4.78 is 0. The van der Waals surface area contributed by atoms with Crippen molar-refractivity contribution in [2.45, 2.75) is 0 Å². The van der Waals surface area contributed by atoms with Gasteiger partial charge in [0.2, 0.25) is 0 Å². The number of fused-ring (bicyclic) bond motifs is 3. The second-order valence-electron chi connectivity index (χ2n) is 9.35. The largest absolute Gasteiger partial charge is 0.255 e. The number of pyridine rings is 3. The molecular formula is C35H23N3. The SMILES string of the molecule is c1ccc(-c2cc(-c3ccccc3)cc(-c3ccc4ccc5ccc(-c6ccccn6)nc5c4n3)c2)cc1. The van der Waals surface area contributed by atoms with Crippen molar-refractivity contribution in [3.63, 3.8) is 0 Å². The van der Waals surface area contributed by atoms with Gasteiger partial charge in [0, 0.05) is 22.5 Å². The van der Waals surface area contributed by atoms with Crippen LogP contribution >= 0.6 is 0 Å². The molecule has 0 saturated carbocycles. The maximum Gasteiger partial charge on any atom is 0.0973 e. The highest BCUT2D eigenvalue weighted by atomic mass is 14.8. The third-order valence-electron chi connectivity index (χ3n) is 6.89. The van der Waals surface area contributed by atoms with E-state index in [0.717, 1.165) is 55.6 Å². The van der Waals surface area contributed by atoms with E-state index in [4.69, 9.17) is 9.97 Å². The molecule has 0 radical (unpaired) electrons. The average molecular weight is 486 g/mol. The van der Waals surface area contributed by atoms with Gasteiger partial charge in [0.15, 0.2) is 0 Å². The average Bonchev–Trinajstić information content (AvgIpc) is 3.01. The molecule has 38 heavy (non-hydrogen) atoms. The molecule has 4 aromatic carbocycles. The Kier molecular flexibility index (Phi) is 5.45. The van der Waals surface area contributed by atoms with E-state index in [0.29, 0.717) is 0 Å². The van der Waals surface area contributed by atoms with E-state index in [1.54, 1.807) is 6.20 Å². The van der Waals surface area contributed by atoms with Gasteiger partial charge in [-0.05, 0) is 64.7 Å². The normalized spacial score (nSPS) is 11.2. The molecule has 3 heteroatoms. The van der Waals surface area contributed by atoms with Crippen molar-refractivity contribution in [1.29, 1.82) is 0 Å². The van der Waals surface area contributed by atoms with Gasteiger partial charge in [-0.1, -0.05) is 91.0 Å². The predicted molar refractivity (Wildman–Crippen MR) is 157 cm³/mol. The maximum absolute atomic E-state index is 5.20. The minimum atomic E-state index is 0.843. The van der Waals surface area contributed by atoms with Crippen molar-refractivity contribution in [3.05, 3.63) is 140 Å². The molecular weight excluding hydrogens is 462 g/mol. The van der Waals surface area contributed by atoms with Gasteiger partial charge in [-0.25, -0.2) is 9.97 Å². The minimum absolute atomic E-state index is 0.843. The fourth-order valence-electron chi connectivity index (χ4n) is 4.96. The number of aromatic nitrogens is 3. The van der Waals surface area contributed by atoms with Crippen LogP contribution in [0.25, 0.3) is 66.7 Å². The third kappa shape index (κ3) is 4.10. The predicted octanol–water partition coefficient (Wildman–Crippen LogP) is 8.85. The molecule has 0 N–H and O–H groups in total. The topological polar surface area (TPSA) is 38.7 Å². The monoisotopic (exact) mass is 485 g/mol. The summed E-state index contributed by atoms with van der Waals surface area (Å²) in [5.74, 6) is 0. The van der Waals surface area contributed by atoms with Gasteiger partial charge in [-0.3, -0.25) is 4.98 Å². The highest BCUT2D eigenvalue weighted by molar-refractivity contribution is 6.04. The van der Waals surface area contributed by atoms with Crippen LogP contribution in [0.1, 0.15) is 0 Å². The Balaban J connectivity index is 1.43.